The normalized spacial score (nSPS) is 10.5. The summed E-state index contributed by atoms with van der Waals surface area (Å²) in [6.45, 7) is 0. The molecule has 0 aliphatic carbocycles. The van der Waals surface area contributed by atoms with Crippen molar-refractivity contribution < 1.29 is 9.68 Å². The summed E-state index contributed by atoms with van der Waals surface area (Å²) in [5, 5.41) is 9.70. The lowest BCUT2D eigenvalue weighted by Gasteiger charge is -2.02. The molecule has 1 N–H and O–H groups in total. The van der Waals surface area contributed by atoms with Crippen LogP contribution in [0.25, 0.3) is 10.9 Å². The molecule has 72 valence electrons. The molecule has 0 atom stereocenters. The molecule has 2 heterocycles. The highest BCUT2D eigenvalue weighted by molar-refractivity contribution is 9.10. The Hall–Kier alpha value is -1.01. The van der Waals surface area contributed by atoms with Gasteiger partial charge in [0, 0.05) is 29.2 Å². The molecule has 4 nitrogen and oxygen atoms in total. The van der Waals surface area contributed by atoms with Gasteiger partial charge in [0.25, 0.3) is 0 Å². The second-order valence-corrected chi connectivity index (χ2v) is 3.72. The number of aromatic nitrogens is 2. The number of rotatable bonds is 2. The van der Waals surface area contributed by atoms with Crippen molar-refractivity contribution in [2.24, 2.45) is 7.05 Å². The van der Waals surface area contributed by atoms with Crippen molar-refractivity contribution in [1.29, 1.82) is 0 Å². The Bertz CT molecular complexity index is 472. The lowest BCUT2D eigenvalue weighted by atomic mass is 10.3. The van der Waals surface area contributed by atoms with E-state index in [4.69, 9.17) is 9.68 Å². The number of pyridine rings is 1. The minimum absolute atomic E-state index is 0.324. The van der Waals surface area contributed by atoms with Crippen LogP contribution < -0.4 is 4.65 Å². The summed E-state index contributed by atoms with van der Waals surface area (Å²) >= 11 is 3.40. The molecule has 6 heteroatoms. The molecule has 0 aliphatic rings. The summed E-state index contributed by atoms with van der Waals surface area (Å²) in [4.78, 5) is 4.06. The molecule has 2 aromatic heterocycles. The monoisotopic (exact) mass is 254 g/mol. The summed E-state index contributed by atoms with van der Waals surface area (Å²) in [6, 6.07) is 1.86. The molecule has 14 heavy (non-hydrogen) atoms. The first-order chi connectivity index (χ1) is 6.74. The van der Waals surface area contributed by atoms with E-state index < -0.39 is 0 Å². The number of aryl methyl sites for hydroxylation is 1. The van der Waals surface area contributed by atoms with Gasteiger partial charge >= 0.3 is 7.69 Å². The van der Waals surface area contributed by atoms with Gasteiger partial charge in [0.15, 0.2) is 5.88 Å². The van der Waals surface area contributed by atoms with E-state index >= 15 is 0 Å². The van der Waals surface area contributed by atoms with Crippen LogP contribution in [0.3, 0.4) is 0 Å². The highest BCUT2D eigenvalue weighted by atomic mass is 79.9. The van der Waals surface area contributed by atoms with E-state index in [1.807, 2.05) is 17.7 Å². The maximum absolute atomic E-state index is 8.68. The molecule has 0 saturated heterocycles. The molecule has 2 aromatic rings. The van der Waals surface area contributed by atoms with Crippen molar-refractivity contribution in [1.82, 2.24) is 9.55 Å². The number of nitrogens with zero attached hydrogens (tertiary/aromatic N) is 2. The summed E-state index contributed by atoms with van der Waals surface area (Å²) in [5.41, 5.74) is 0.961. The lowest BCUT2D eigenvalue weighted by Crippen LogP contribution is -2.03. The van der Waals surface area contributed by atoms with Gasteiger partial charge in [0.1, 0.15) is 0 Å². The molecule has 0 unspecified atom stereocenters. The highest BCUT2D eigenvalue weighted by Crippen LogP contribution is 2.28. The van der Waals surface area contributed by atoms with Gasteiger partial charge in [-0.05, 0) is 15.9 Å². The molecule has 0 saturated carbocycles. The van der Waals surface area contributed by atoms with Crippen LogP contribution in [0.15, 0.2) is 22.9 Å². The minimum Gasteiger partial charge on any atom is -0.526 e. The van der Waals surface area contributed by atoms with E-state index in [0.717, 1.165) is 15.4 Å². The number of hydrogen-bond donors (Lipinski definition) is 1. The van der Waals surface area contributed by atoms with Gasteiger partial charge in [-0.25, -0.2) is 0 Å². The maximum atomic E-state index is 8.68. The Morgan fingerprint density at radius 1 is 1.57 bits per heavy atom. The van der Waals surface area contributed by atoms with Crippen LogP contribution in [-0.2, 0) is 7.05 Å². The first kappa shape index (κ1) is 9.55. The zero-order valence-corrected chi connectivity index (χ0v) is 9.15. The predicted octanol–water partition coefficient (Wildman–Crippen LogP) is 0.973. The van der Waals surface area contributed by atoms with Gasteiger partial charge in [-0.3, -0.25) is 4.98 Å². The van der Waals surface area contributed by atoms with Crippen molar-refractivity contribution in [3.05, 3.63) is 22.9 Å². The zero-order valence-electron chi connectivity index (χ0n) is 7.57. The third kappa shape index (κ3) is 1.40. The fourth-order valence-corrected chi connectivity index (χ4v) is 1.82. The van der Waals surface area contributed by atoms with Gasteiger partial charge in [0.2, 0.25) is 0 Å². The number of hydrogen-bond acceptors (Lipinski definition) is 3. The Morgan fingerprint density at radius 2 is 2.36 bits per heavy atom. The second kappa shape index (κ2) is 3.63. The second-order valence-electron chi connectivity index (χ2n) is 2.87. The minimum atomic E-state index is -0.324. The molecule has 0 aliphatic heterocycles. The first-order valence-corrected chi connectivity index (χ1v) is 4.86. The van der Waals surface area contributed by atoms with E-state index in [-0.39, 0.29) is 7.69 Å². The van der Waals surface area contributed by atoms with Crippen LogP contribution in [0.2, 0.25) is 0 Å². The Balaban J connectivity index is 2.67. The average Bonchev–Trinajstić information content (AvgIpc) is 2.48. The van der Waals surface area contributed by atoms with Gasteiger partial charge in [-0.15, -0.1) is 0 Å². The average molecular weight is 255 g/mol. The van der Waals surface area contributed by atoms with Crippen molar-refractivity contribution in [2.45, 2.75) is 0 Å². The first-order valence-electron chi connectivity index (χ1n) is 4.06. The van der Waals surface area contributed by atoms with E-state index in [2.05, 4.69) is 20.9 Å². The Kier molecular flexibility index (Phi) is 2.47. The largest absolute Gasteiger partial charge is 0.526 e. The maximum Gasteiger partial charge on any atom is 0.505 e. The molecular weight excluding hydrogens is 247 g/mol. The quantitative estimate of drug-likeness (QED) is 0.813. The molecule has 0 amide bonds. The molecule has 0 radical (unpaired) electrons. The fraction of sp³-hybridized carbons (Fsp3) is 0.125. The van der Waals surface area contributed by atoms with Crippen molar-refractivity contribution in [3.8, 4) is 5.88 Å². The molecule has 0 fully saturated rings. The SMILES string of the molecule is Cn1c(OBO)cc2c(Br)cncc21. The summed E-state index contributed by atoms with van der Waals surface area (Å²) < 4.78 is 7.80. The molecule has 0 aromatic carbocycles. The van der Waals surface area contributed by atoms with Crippen LogP contribution in [0.5, 0.6) is 5.88 Å². The van der Waals surface area contributed by atoms with E-state index in [1.165, 1.54) is 0 Å². The Morgan fingerprint density at radius 3 is 3.00 bits per heavy atom. The van der Waals surface area contributed by atoms with Crippen LogP contribution in [-0.4, -0.2) is 22.3 Å². The van der Waals surface area contributed by atoms with Gasteiger partial charge in [-0.2, -0.15) is 0 Å². The van der Waals surface area contributed by atoms with E-state index in [1.54, 1.807) is 12.4 Å². The summed E-state index contributed by atoms with van der Waals surface area (Å²) in [6.07, 6.45) is 3.48. The predicted molar refractivity (Wildman–Crippen MR) is 58.4 cm³/mol. The highest BCUT2D eigenvalue weighted by Gasteiger charge is 2.08. The topological polar surface area (TPSA) is 47.3 Å². The molecular formula is C8H8BBrN2O2. The third-order valence-corrected chi connectivity index (χ3v) is 2.72. The lowest BCUT2D eigenvalue weighted by molar-refractivity contribution is 0.433. The fourth-order valence-electron chi connectivity index (χ4n) is 1.39. The standard InChI is InChI=1S/C8H8BBrN2O2/c1-12-7-4-11-3-6(10)5(7)2-8(12)14-9-13/h2-4,9,13H,1H3. The Labute approximate surface area is 89.9 Å². The summed E-state index contributed by atoms with van der Waals surface area (Å²) in [7, 11) is 1.54. The van der Waals surface area contributed by atoms with Crippen molar-refractivity contribution >= 4 is 34.5 Å². The zero-order chi connectivity index (χ0) is 10.1. The molecule has 2 rings (SSSR count). The number of fused-ring (bicyclic) bond motifs is 1. The third-order valence-electron chi connectivity index (χ3n) is 2.09. The van der Waals surface area contributed by atoms with Gasteiger partial charge in [-0.1, -0.05) is 0 Å². The van der Waals surface area contributed by atoms with Crippen LogP contribution >= 0.6 is 15.9 Å². The van der Waals surface area contributed by atoms with Gasteiger partial charge in [0.05, 0.1) is 11.7 Å². The van der Waals surface area contributed by atoms with Crippen LogP contribution in [0.1, 0.15) is 0 Å². The number of halogens is 1. The van der Waals surface area contributed by atoms with Crippen LogP contribution in [0.4, 0.5) is 0 Å². The van der Waals surface area contributed by atoms with Crippen LogP contribution in [0, 0.1) is 0 Å². The van der Waals surface area contributed by atoms with Crippen molar-refractivity contribution in [2.75, 3.05) is 0 Å². The smallest absolute Gasteiger partial charge is 0.505 e. The van der Waals surface area contributed by atoms with Gasteiger partial charge < -0.3 is 14.2 Å². The van der Waals surface area contributed by atoms with E-state index in [9.17, 15) is 0 Å². The molecule has 0 bridgehead atoms. The summed E-state index contributed by atoms with van der Waals surface area (Å²) in [5.74, 6) is 0.621. The van der Waals surface area contributed by atoms with Crippen molar-refractivity contribution in [3.63, 3.8) is 0 Å². The molecule has 0 spiro atoms. The van der Waals surface area contributed by atoms with E-state index in [0.29, 0.717) is 5.88 Å².